The summed E-state index contributed by atoms with van der Waals surface area (Å²) in [5.41, 5.74) is 9.12. The minimum atomic E-state index is 0.611. The number of rotatable bonds is 6. The van der Waals surface area contributed by atoms with Gasteiger partial charge in [0, 0.05) is 27.9 Å². The molecule has 0 saturated carbocycles. The van der Waals surface area contributed by atoms with Gasteiger partial charge in [-0.1, -0.05) is 133 Å². The zero-order chi connectivity index (χ0) is 30.0. The van der Waals surface area contributed by atoms with E-state index in [1.54, 1.807) is 0 Å². The molecule has 0 saturated heterocycles. The van der Waals surface area contributed by atoms with E-state index in [4.69, 9.17) is 19.9 Å². The topological polar surface area (TPSA) is 56.5 Å². The molecular weight excluding hydrogens is 550 g/mol. The van der Waals surface area contributed by atoms with Crippen LogP contribution in [0.25, 0.3) is 73.4 Å². The van der Waals surface area contributed by atoms with Crippen molar-refractivity contribution in [3.05, 3.63) is 164 Å². The minimum absolute atomic E-state index is 0.611. The molecule has 8 rings (SSSR count). The van der Waals surface area contributed by atoms with Crippen molar-refractivity contribution < 1.29 is 0 Å². The van der Waals surface area contributed by atoms with Crippen molar-refractivity contribution in [2.75, 3.05) is 0 Å². The molecular formula is C40H27N5. The van der Waals surface area contributed by atoms with E-state index in [-0.39, 0.29) is 0 Å². The van der Waals surface area contributed by atoms with Gasteiger partial charge in [-0.25, -0.2) is 19.9 Å². The fraction of sp³-hybridized carbons (Fsp3) is 0. The van der Waals surface area contributed by atoms with Crippen LogP contribution in [0.5, 0.6) is 0 Å². The second-order valence-electron chi connectivity index (χ2n) is 10.8. The zero-order valence-corrected chi connectivity index (χ0v) is 24.3. The van der Waals surface area contributed by atoms with Crippen LogP contribution in [-0.2, 0) is 0 Å². The summed E-state index contributed by atoms with van der Waals surface area (Å²) in [5.74, 6) is 2.73. The molecule has 2 aromatic heterocycles. The molecule has 0 atom stereocenters. The van der Waals surface area contributed by atoms with Crippen molar-refractivity contribution in [3.8, 4) is 62.4 Å². The minimum Gasteiger partial charge on any atom is -0.292 e. The third-order valence-electron chi connectivity index (χ3n) is 7.87. The van der Waals surface area contributed by atoms with E-state index in [0.29, 0.717) is 17.5 Å². The predicted octanol–water partition coefficient (Wildman–Crippen LogP) is 9.55. The van der Waals surface area contributed by atoms with E-state index in [1.165, 1.54) is 11.1 Å². The summed E-state index contributed by atoms with van der Waals surface area (Å²) in [6.07, 6.45) is 0. The van der Waals surface area contributed by atoms with Crippen molar-refractivity contribution in [2.24, 2.45) is 0 Å². The maximum atomic E-state index is 5.11. The Bertz CT molecular complexity index is 2180. The molecule has 0 aliphatic rings. The van der Waals surface area contributed by atoms with E-state index in [0.717, 1.165) is 44.8 Å². The van der Waals surface area contributed by atoms with Gasteiger partial charge in [0.25, 0.3) is 0 Å². The van der Waals surface area contributed by atoms with Crippen molar-refractivity contribution in [2.45, 2.75) is 0 Å². The third-order valence-corrected chi connectivity index (χ3v) is 7.87. The van der Waals surface area contributed by atoms with Crippen LogP contribution in [0.15, 0.2) is 164 Å². The van der Waals surface area contributed by atoms with Gasteiger partial charge in [0.2, 0.25) is 0 Å². The molecule has 5 heteroatoms. The molecule has 0 bridgehead atoms. The lowest BCUT2D eigenvalue weighted by Gasteiger charge is -2.12. The summed E-state index contributed by atoms with van der Waals surface area (Å²) in [4.78, 5) is 19.9. The maximum Gasteiger partial charge on any atom is 0.164 e. The number of fused-ring (bicyclic) bond motifs is 1. The van der Waals surface area contributed by atoms with E-state index in [1.807, 2.05) is 84.9 Å². The van der Waals surface area contributed by atoms with Crippen LogP contribution in [0, 0.1) is 0 Å². The Kier molecular flexibility index (Phi) is 6.74. The Morgan fingerprint density at radius 3 is 1.42 bits per heavy atom. The summed E-state index contributed by atoms with van der Waals surface area (Å²) in [7, 11) is 0. The molecule has 45 heavy (non-hydrogen) atoms. The molecule has 5 nitrogen and oxygen atoms in total. The summed E-state index contributed by atoms with van der Waals surface area (Å²) >= 11 is 0. The Morgan fingerprint density at radius 2 is 0.800 bits per heavy atom. The Balaban J connectivity index is 1.26. The van der Waals surface area contributed by atoms with E-state index in [2.05, 4.69) is 83.4 Å². The molecule has 0 aliphatic carbocycles. The van der Waals surface area contributed by atoms with Gasteiger partial charge in [0.1, 0.15) is 5.82 Å². The molecule has 0 N–H and O–H groups in total. The fourth-order valence-electron chi connectivity index (χ4n) is 5.65. The van der Waals surface area contributed by atoms with Crippen molar-refractivity contribution in [1.29, 1.82) is 0 Å². The van der Waals surface area contributed by atoms with E-state index < -0.39 is 0 Å². The van der Waals surface area contributed by atoms with Gasteiger partial charge in [0.05, 0.1) is 11.0 Å². The molecule has 0 unspecified atom stereocenters. The highest BCUT2D eigenvalue weighted by molar-refractivity contribution is 5.84. The lowest BCUT2D eigenvalue weighted by Crippen LogP contribution is -2.01. The van der Waals surface area contributed by atoms with Crippen LogP contribution in [0.3, 0.4) is 0 Å². The van der Waals surface area contributed by atoms with Crippen LogP contribution in [0.1, 0.15) is 0 Å². The summed E-state index contributed by atoms with van der Waals surface area (Å²) in [6.45, 7) is 0. The van der Waals surface area contributed by atoms with E-state index >= 15 is 0 Å². The van der Waals surface area contributed by atoms with Gasteiger partial charge in [0.15, 0.2) is 17.5 Å². The van der Waals surface area contributed by atoms with Crippen LogP contribution in [0.4, 0.5) is 0 Å². The van der Waals surface area contributed by atoms with Gasteiger partial charge >= 0.3 is 0 Å². The monoisotopic (exact) mass is 577 g/mol. The van der Waals surface area contributed by atoms with Crippen molar-refractivity contribution in [1.82, 2.24) is 24.5 Å². The van der Waals surface area contributed by atoms with Gasteiger partial charge < -0.3 is 0 Å². The van der Waals surface area contributed by atoms with Gasteiger partial charge in [-0.3, -0.25) is 4.57 Å². The first-order valence-corrected chi connectivity index (χ1v) is 14.9. The Hall–Kier alpha value is -6.20. The number of benzene rings is 6. The molecule has 2 heterocycles. The fourth-order valence-corrected chi connectivity index (χ4v) is 5.65. The standard InChI is InChI=1S/C40H27N5/c1-4-13-28(14-5-1)29-23-25-34(26-24-29)45-36-22-11-10-21-35(36)41-40(45)33-20-12-19-32(27-33)39-43-37(30-15-6-2-7-16-30)42-38(44-39)31-17-8-3-9-18-31/h1-27H. The number of para-hydroxylation sites is 2. The molecule has 0 amide bonds. The average Bonchev–Trinajstić information content (AvgIpc) is 3.52. The Labute approximate surface area is 261 Å². The highest BCUT2D eigenvalue weighted by atomic mass is 15.1. The second kappa shape index (κ2) is 11.5. The summed E-state index contributed by atoms with van der Waals surface area (Å²) in [6, 6.07) is 55.7. The molecule has 6 aromatic carbocycles. The summed E-state index contributed by atoms with van der Waals surface area (Å²) < 4.78 is 2.22. The number of hydrogen-bond donors (Lipinski definition) is 0. The maximum absolute atomic E-state index is 5.11. The first kappa shape index (κ1) is 26.4. The number of imidazole rings is 1. The Morgan fingerprint density at radius 1 is 0.333 bits per heavy atom. The quantitative estimate of drug-likeness (QED) is 0.197. The lowest BCUT2D eigenvalue weighted by molar-refractivity contribution is 1.07. The molecule has 0 spiro atoms. The van der Waals surface area contributed by atoms with E-state index in [9.17, 15) is 0 Å². The largest absolute Gasteiger partial charge is 0.292 e. The average molecular weight is 578 g/mol. The van der Waals surface area contributed by atoms with Gasteiger partial charge in [-0.2, -0.15) is 0 Å². The molecule has 0 aliphatic heterocycles. The smallest absolute Gasteiger partial charge is 0.164 e. The highest BCUT2D eigenvalue weighted by Gasteiger charge is 2.17. The second-order valence-corrected chi connectivity index (χ2v) is 10.8. The number of nitrogens with zero attached hydrogens (tertiary/aromatic N) is 5. The molecule has 8 aromatic rings. The lowest BCUT2D eigenvalue weighted by atomic mass is 10.1. The van der Waals surface area contributed by atoms with Crippen LogP contribution < -0.4 is 0 Å². The number of hydrogen-bond acceptors (Lipinski definition) is 4. The van der Waals surface area contributed by atoms with Crippen LogP contribution in [-0.4, -0.2) is 24.5 Å². The predicted molar refractivity (Wildman–Crippen MR) is 182 cm³/mol. The first-order chi connectivity index (χ1) is 22.3. The molecule has 212 valence electrons. The zero-order valence-electron chi connectivity index (χ0n) is 24.3. The van der Waals surface area contributed by atoms with Crippen LogP contribution in [0.2, 0.25) is 0 Å². The molecule has 0 radical (unpaired) electrons. The number of aromatic nitrogens is 5. The third kappa shape index (κ3) is 5.17. The van der Waals surface area contributed by atoms with Crippen molar-refractivity contribution >= 4 is 11.0 Å². The SMILES string of the molecule is c1ccc(-c2ccc(-n3c(-c4cccc(-c5nc(-c6ccccc6)nc(-c6ccccc6)n5)c4)nc4ccccc43)cc2)cc1. The molecule has 0 fully saturated rings. The van der Waals surface area contributed by atoms with Gasteiger partial charge in [-0.05, 0) is 41.5 Å². The van der Waals surface area contributed by atoms with Gasteiger partial charge in [-0.15, -0.1) is 0 Å². The van der Waals surface area contributed by atoms with Crippen molar-refractivity contribution in [3.63, 3.8) is 0 Å². The van der Waals surface area contributed by atoms with Crippen LogP contribution >= 0.6 is 0 Å². The normalized spacial score (nSPS) is 11.1. The first-order valence-electron chi connectivity index (χ1n) is 14.9. The summed E-state index contributed by atoms with van der Waals surface area (Å²) in [5, 5.41) is 0. The highest BCUT2D eigenvalue weighted by Crippen LogP contribution is 2.32.